The van der Waals surface area contributed by atoms with E-state index >= 15 is 0 Å². The number of thiophene rings is 1. The van der Waals surface area contributed by atoms with Gasteiger partial charge in [-0.2, -0.15) is 5.10 Å². The molecule has 2 aromatic rings. The number of hydrogen-bond donors (Lipinski definition) is 1. The SMILES string of the molecule is O=C(Cc1ccc(Br)cc1)C(=O)N/N=C\c1cccs1. The van der Waals surface area contributed by atoms with Crippen molar-refractivity contribution in [2.75, 3.05) is 0 Å². The first kappa shape index (κ1) is 14.6. The quantitative estimate of drug-likeness (QED) is 0.512. The lowest BCUT2D eigenvalue weighted by atomic mass is 10.1. The maximum Gasteiger partial charge on any atom is 0.307 e. The number of carbonyl (C=O) groups is 2. The van der Waals surface area contributed by atoms with Gasteiger partial charge in [0.15, 0.2) is 0 Å². The van der Waals surface area contributed by atoms with Crippen molar-refractivity contribution in [1.82, 2.24) is 5.43 Å². The smallest absolute Gasteiger partial charge is 0.288 e. The second-order valence-electron chi connectivity index (χ2n) is 3.94. The number of halogens is 1. The number of hydrogen-bond acceptors (Lipinski definition) is 4. The highest BCUT2D eigenvalue weighted by Gasteiger charge is 2.13. The number of nitrogens with zero attached hydrogens (tertiary/aromatic N) is 1. The van der Waals surface area contributed by atoms with Gasteiger partial charge in [-0.15, -0.1) is 11.3 Å². The summed E-state index contributed by atoms with van der Waals surface area (Å²) in [6.45, 7) is 0. The number of Topliss-reactive ketones (excluding diaryl/α,β-unsaturated/α-hetero) is 1. The van der Waals surface area contributed by atoms with Crippen molar-refractivity contribution in [2.24, 2.45) is 5.10 Å². The third-order valence-corrected chi connectivity index (χ3v) is 3.77. The summed E-state index contributed by atoms with van der Waals surface area (Å²) in [5, 5.41) is 5.65. The molecule has 102 valence electrons. The lowest BCUT2D eigenvalue weighted by molar-refractivity contribution is -0.137. The molecule has 1 amide bonds. The zero-order chi connectivity index (χ0) is 14.4. The average Bonchev–Trinajstić information content (AvgIpc) is 2.94. The first-order valence-corrected chi connectivity index (χ1v) is 7.46. The number of hydrazone groups is 1. The van der Waals surface area contributed by atoms with Crippen LogP contribution in [0.5, 0.6) is 0 Å². The molecule has 0 fully saturated rings. The van der Waals surface area contributed by atoms with E-state index in [4.69, 9.17) is 0 Å². The summed E-state index contributed by atoms with van der Waals surface area (Å²) in [5.41, 5.74) is 3.02. The van der Waals surface area contributed by atoms with E-state index in [1.165, 1.54) is 17.6 Å². The zero-order valence-corrected chi connectivity index (χ0v) is 12.8. The van der Waals surface area contributed by atoms with Crippen molar-refractivity contribution < 1.29 is 9.59 Å². The van der Waals surface area contributed by atoms with Gasteiger partial charge in [0.05, 0.1) is 6.21 Å². The highest BCUT2D eigenvalue weighted by molar-refractivity contribution is 9.10. The summed E-state index contributed by atoms with van der Waals surface area (Å²) in [6.07, 6.45) is 1.57. The fourth-order valence-corrected chi connectivity index (χ4v) is 2.30. The number of amides is 1. The third-order valence-electron chi connectivity index (χ3n) is 2.43. The second-order valence-corrected chi connectivity index (χ2v) is 5.84. The van der Waals surface area contributed by atoms with Crippen molar-refractivity contribution >= 4 is 45.2 Å². The standard InChI is InChI=1S/C14H11BrN2O2S/c15-11-5-3-10(4-6-11)8-13(18)14(19)17-16-9-12-2-1-7-20-12/h1-7,9H,8H2,(H,17,19)/b16-9-. The molecule has 20 heavy (non-hydrogen) atoms. The van der Waals surface area contributed by atoms with Gasteiger partial charge in [-0.25, -0.2) is 5.43 Å². The fourth-order valence-electron chi connectivity index (χ4n) is 1.45. The summed E-state index contributed by atoms with van der Waals surface area (Å²) in [5.74, 6) is -1.23. The molecule has 1 heterocycles. The van der Waals surface area contributed by atoms with E-state index in [9.17, 15) is 9.59 Å². The van der Waals surface area contributed by atoms with Crippen LogP contribution in [0.1, 0.15) is 10.4 Å². The molecule has 0 aliphatic carbocycles. The Balaban J connectivity index is 1.86. The summed E-state index contributed by atoms with van der Waals surface area (Å²) < 4.78 is 0.929. The molecule has 4 nitrogen and oxygen atoms in total. The topological polar surface area (TPSA) is 58.5 Å². The number of nitrogens with one attached hydrogen (secondary N) is 1. The highest BCUT2D eigenvalue weighted by Crippen LogP contribution is 2.11. The Morgan fingerprint density at radius 3 is 2.65 bits per heavy atom. The Kier molecular flexibility index (Phi) is 5.20. The van der Waals surface area contributed by atoms with Crippen LogP contribution >= 0.6 is 27.3 Å². The van der Waals surface area contributed by atoms with E-state index in [0.717, 1.165) is 14.9 Å². The minimum absolute atomic E-state index is 0.0631. The molecule has 1 aromatic carbocycles. The van der Waals surface area contributed by atoms with Crippen LogP contribution in [0.4, 0.5) is 0 Å². The van der Waals surface area contributed by atoms with Gasteiger partial charge in [0.25, 0.3) is 0 Å². The molecule has 0 saturated heterocycles. The summed E-state index contributed by atoms with van der Waals surface area (Å²) >= 11 is 4.81. The highest BCUT2D eigenvalue weighted by atomic mass is 79.9. The molecule has 0 saturated carbocycles. The van der Waals surface area contributed by atoms with Crippen LogP contribution in [0, 0.1) is 0 Å². The number of carbonyl (C=O) groups excluding carboxylic acids is 2. The first-order chi connectivity index (χ1) is 9.65. The van der Waals surface area contributed by atoms with Gasteiger partial charge >= 0.3 is 5.91 Å². The third kappa shape index (κ3) is 4.40. The zero-order valence-electron chi connectivity index (χ0n) is 10.4. The van der Waals surface area contributed by atoms with E-state index < -0.39 is 11.7 Å². The van der Waals surface area contributed by atoms with E-state index in [2.05, 4.69) is 26.5 Å². The molecule has 0 radical (unpaired) electrons. The first-order valence-electron chi connectivity index (χ1n) is 5.79. The van der Waals surface area contributed by atoms with Crippen molar-refractivity contribution in [2.45, 2.75) is 6.42 Å². The van der Waals surface area contributed by atoms with Crippen LogP contribution in [-0.4, -0.2) is 17.9 Å². The Morgan fingerprint density at radius 1 is 1.25 bits per heavy atom. The molecule has 0 aliphatic heterocycles. The molecular weight excluding hydrogens is 340 g/mol. The average molecular weight is 351 g/mol. The van der Waals surface area contributed by atoms with Gasteiger partial charge in [0, 0.05) is 15.8 Å². The summed E-state index contributed by atoms with van der Waals surface area (Å²) in [7, 11) is 0. The van der Waals surface area contributed by atoms with E-state index in [1.54, 1.807) is 12.1 Å². The molecule has 0 atom stereocenters. The normalized spacial score (nSPS) is 10.7. The van der Waals surface area contributed by atoms with E-state index in [1.807, 2.05) is 29.6 Å². The fraction of sp³-hybridized carbons (Fsp3) is 0.0714. The Morgan fingerprint density at radius 2 is 2.00 bits per heavy atom. The number of ketones is 1. The van der Waals surface area contributed by atoms with E-state index in [0.29, 0.717) is 0 Å². The molecule has 6 heteroatoms. The maximum atomic E-state index is 11.7. The molecule has 1 N–H and O–H groups in total. The molecule has 0 unspecified atom stereocenters. The van der Waals surface area contributed by atoms with Crippen LogP contribution in [0.3, 0.4) is 0 Å². The van der Waals surface area contributed by atoms with Crippen LogP contribution in [-0.2, 0) is 16.0 Å². The Bertz CT molecular complexity index is 621. The van der Waals surface area contributed by atoms with Crippen molar-refractivity contribution in [3.05, 3.63) is 56.7 Å². The largest absolute Gasteiger partial charge is 0.307 e. The maximum absolute atomic E-state index is 11.7. The minimum Gasteiger partial charge on any atom is -0.288 e. The van der Waals surface area contributed by atoms with Gasteiger partial charge in [-0.3, -0.25) is 9.59 Å². The Labute approximate surface area is 128 Å². The Hall–Kier alpha value is -1.79. The minimum atomic E-state index is -0.708. The van der Waals surface area contributed by atoms with Crippen LogP contribution in [0.2, 0.25) is 0 Å². The molecule has 2 rings (SSSR count). The molecule has 0 spiro atoms. The van der Waals surface area contributed by atoms with Crippen molar-refractivity contribution in [1.29, 1.82) is 0 Å². The number of benzene rings is 1. The lowest BCUT2D eigenvalue weighted by Gasteiger charge is -2.00. The van der Waals surface area contributed by atoms with Crippen molar-refractivity contribution in [3.63, 3.8) is 0 Å². The number of rotatable bonds is 5. The van der Waals surface area contributed by atoms with Gasteiger partial charge in [-0.05, 0) is 29.1 Å². The predicted octanol–water partition coefficient (Wildman–Crippen LogP) is 2.77. The molecule has 0 aliphatic rings. The molecular formula is C14H11BrN2O2S. The van der Waals surface area contributed by atoms with E-state index in [-0.39, 0.29) is 6.42 Å². The van der Waals surface area contributed by atoms with Crippen molar-refractivity contribution in [3.8, 4) is 0 Å². The molecule has 1 aromatic heterocycles. The van der Waals surface area contributed by atoms with Gasteiger partial charge in [0.2, 0.25) is 5.78 Å². The van der Waals surface area contributed by atoms with Gasteiger partial charge < -0.3 is 0 Å². The predicted molar refractivity (Wildman–Crippen MR) is 82.9 cm³/mol. The van der Waals surface area contributed by atoms with Crippen LogP contribution < -0.4 is 5.43 Å². The van der Waals surface area contributed by atoms with Gasteiger partial charge in [0.1, 0.15) is 0 Å². The molecule has 0 bridgehead atoms. The van der Waals surface area contributed by atoms with Crippen LogP contribution in [0.15, 0.2) is 51.4 Å². The van der Waals surface area contributed by atoms with Gasteiger partial charge in [-0.1, -0.05) is 34.1 Å². The monoisotopic (exact) mass is 350 g/mol. The second kappa shape index (κ2) is 7.12. The summed E-state index contributed by atoms with van der Waals surface area (Å²) in [6, 6.07) is 11.0. The summed E-state index contributed by atoms with van der Waals surface area (Å²) in [4.78, 5) is 24.2. The lowest BCUT2D eigenvalue weighted by Crippen LogP contribution is -2.28. The van der Waals surface area contributed by atoms with Crippen LogP contribution in [0.25, 0.3) is 0 Å².